The molecular weight excluding hydrogens is 230 g/mol. The summed E-state index contributed by atoms with van der Waals surface area (Å²) in [6, 6.07) is 4.11. The van der Waals surface area contributed by atoms with Gasteiger partial charge in [0.15, 0.2) is 0 Å². The average Bonchev–Trinajstić information content (AvgIpc) is 2.89. The molecule has 2 heterocycles. The number of aryl methyl sites for hydroxylation is 2. The van der Waals surface area contributed by atoms with Crippen LogP contribution in [0.1, 0.15) is 23.4 Å². The Labute approximate surface area is 105 Å². The third kappa shape index (κ3) is 2.09. The zero-order valence-corrected chi connectivity index (χ0v) is 10.7. The van der Waals surface area contributed by atoms with Gasteiger partial charge in [0.1, 0.15) is 0 Å². The van der Waals surface area contributed by atoms with E-state index in [1.165, 1.54) is 34.7 Å². The quantitative estimate of drug-likeness (QED) is 0.779. The third-order valence-corrected chi connectivity index (χ3v) is 4.25. The Morgan fingerprint density at radius 2 is 2.12 bits per heavy atom. The predicted octanol–water partition coefficient (Wildman–Crippen LogP) is 2.60. The molecule has 0 N–H and O–H groups in total. The zero-order valence-electron chi connectivity index (χ0n) is 9.89. The van der Waals surface area contributed by atoms with Gasteiger partial charge in [0, 0.05) is 30.1 Å². The lowest BCUT2D eigenvalue weighted by Crippen LogP contribution is -1.99. The van der Waals surface area contributed by atoms with Crippen LogP contribution in [0.15, 0.2) is 29.4 Å². The van der Waals surface area contributed by atoms with Crippen LogP contribution in [0.5, 0.6) is 0 Å². The van der Waals surface area contributed by atoms with Crippen molar-refractivity contribution >= 4 is 11.8 Å². The number of fused-ring (bicyclic) bond motifs is 1. The van der Waals surface area contributed by atoms with E-state index >= 15 is 0 Å². The van der Waals surface area contributed by atoms with Crippen molar-refractivity contribution in [3.05, 3.63) is 41.5 Å². The number of thioether (sulfide) groups is 1. The maximum absolute atomic E-state index is 4.59. The first-order chi connectivity index (χ1) is 8.34. The first-order valence-electron chi connectivity index (χ1n) is 5.91. The van der Waals surface area contributed by atoms with Gasteiger partial charge in [-0.25, -0.2) is 0 Å². The lowest BCUT2D eigenvalue weighted by atomic mass is 10.2. The minimum Gasteiger partial charge on any atom is -0.271 e. The van der Waals surface area contributed by atoms with Gasteiger partial charge in [-0.05, 0) is 37.0 Å². The fraction of sp³-hybridized carbons (Fsp3) is 0.385. The Morgan fingerprint density at radius 1 is 1.29 bits per heavy atom. The Hall–Kier alpha value is -1.29. The van der Waals surface area contributed by atoms with Gasteiger partial charge in [-0.2, -0.15) is 5.10 Å². The van der Waals surface area contributed by atoms with E-state index in [1.54, 1.807) is 0 Å². The summed E-state index contributed by atoms with van der Waals surface area (Å²) in [5.41, 5.74) is 4.20. The van der Waals surface area contributed by atoms with E-state index in [0.29, 0.717) is 0 Å². The molecule has 3 nitrogen and oxygen atoms in total. The summed E-state index contributed by atoms with van der Waals surface area (Å²) in [6.07, 6.45) is 7.32. The Balaban J connectivity index is 1.78. The highest BCUT2D eigenvalue weighted by molar-refractivity contribution is 7.98. The van der Waals surface area contributed by atoms with Gasteiger partial charge in [-0.3, -0.25) is 9.67 Å². The summed E-state index contributed by atoms with van der Waals surface area (Å²) >= 11 is 1.86. The second kappa shape index (κ2) is 4.53. The zero-order chi connectivity index (χ0) is 11.7. The molecule has 0 fully saturated rings. The van der Waals surface area contributed by atoms with E-state index < -0.39 is 0 Å². The molecule has 2 aromatic rings. The van der Waals surface area contributed by atoms with Crippen LogP contribution in [-0.4, -0.2) is 14.8 Å². The van der Waals surface area contributed by atoms with Crippen molar-refractivity contribution in [2.24, 2.45) is 7.05 Å². The van der Waals surface area contributed by atoms with Crippen LogP contribution in [-0.2, 0) is 25.6 Å². The van der Waals surface area contributed by atoms with Crippen LogP contribution >= 0.6 is 11.8 Å². The summed E-state index contributed by atoms with van der Waals surface area (Å²) in [5, 5.41) is 4.59. The predicted molar refractivity (Wildman–Crippen MR) is 69.0 cm³/mol. The first kappa shape index (κ1) is 10.8. The molecule has 0 unspecified atom stereocenters. The minimum absolute atomic E-state index is 1.00. The lowest BCUT2D eigenvalue weighted by Gasteiger charge is -2.04. The maximum Gasteiger partial charge on any atom is 0.0659 e. The number of rotatable bonds is 3. The number of nitrogens with zero attached hydrogens (tertiary/aromatic N) is 3. The summed E-state index contributed by atoms with van der Waals surface area (Å²) < 4.78 is 2.05. The fourth-order valence-electron chi connectivity index (χ4n) is 2.35. The maximum atomic E-state index is 4.59. The third-order valence-electron chi connectivity index (χ3n) is 3.22. The standard InChI is InChI=1S/C13H15N3S/c1-16-13(11-3-2-4-12(11)15-16)9-17-10-5-7-14-8-6-10/h5-8H,2-4,9H2,1H3. The van der Waals surface area contributed by atoms with E-state index in [1.807, 2.05) is 24.2 Å². The Kier molecular flexibility index (Phi) is 2.89. The summed E-state index contributed by atoms with van der Waals surface area (Å²) in [5.74, 6) is 1.00. The molecule has 0 atom stereocenters. The molecule has 0 saturated carbocycles. The number of hydrogen-bond acceptors (Lipinski definition) is 3. The number of aromatic nitrogens is 3. The van der Waals surface area contributed by atoms with Crippen molar-refractivity contribution in [3.63, 3.8) is 0 Å². The number of pyridine rings is 1. The van der Waals surface area contributed by atoms with Gasteiger partial charge < -0.3 is 0 Å². The first-order valence-corrected chi connectivity index (χ1v) is 6.89. The van der Waals surface area contributed by atoms with Gasteiger partial charge in [0.05, 0.1) is 11.4 Å². The van der Waals surface area contributed by atoms with Crippen LogP contribution in [0.4, 0.5) is 0 Å². The molecule has 0 amide bonds. The second-order valence-electron chi connectivity index (χ2n) is 4.32. The summed E-state index contributed by atoms with van der Waals surface area (Å²) in [6.45, 7) is 0. The molecule has 0 bridgehead atoms. The highest BCUT2D eigenvalue weighted by Crippen LogP contribution is 2.29. The van der Waals surface area contributed by atoms with Crippen LogP contribution in [0.25, 0.3) is 0 Å². The molecule has 0 aromatic carbocycles. The van der Waals surface area contributed by atoms with E-state index in [4.69, 9.17) is 0 Å². The molecule has 17 heavy (non-hydrogen) atoms. The molecule has 1 aliphatic rings. The smallest absolute Gasteiger partial charge is 0.0659 e. The molecular formula is C13H15N3S. The molecule has 88 valence electrons. The van der Waals surface area contributed by atoms with Gasteiger partial charge >= 0.3 is 0 Å². The van der Waals surface area contributed by atoms with Crippen LogP contribution < -0.4 is 0 Å². The van der Waals surface area contributed by atoms with Crippen LogP contribution in [0, 0.1) is 0 Å². The van der Waals surface area contributed by atoms with Crippen molar-refractivity contribution in [1.82, 2.24) is 14.8 Å². The van der Waals surface area contributed by atoms with Crippen molar-refractivity contribution in [2.45, 2.75) is 29.9 Å². The van der Waals surface area contributed by atoms with Crippen LogP contribution in [0.2, 0.25) is 0 Å². The lowest BCUT2D eigenvalue weighted by molar-refractivity contribution is 0.701. The van der Waals surface area contributed by atoms with E-state index in [-0.39, 0.29) is 0 Å². The summed E-state index contributed by atoms with van der Waals surface area (Å²) in [4.78, 5) is 5.31. The fourth-order valence-corrected chi connectivity index (χ4v) is 3.33. The van der Waals surface area contributed by atoms with Crippen molar-refractivity contribution in [2.75, 3.05) is 0 Å². The molecule has 0 saturated heterocycles. The number of hydrogen-bond donors (Lipinski definition) is 0. The van der Waals surface area contributed by atoms with Crippen molar-refractivity contribution < 1.29 is 0 Å². The van der Waals surface area contributed by atoms with E-state index in [2.05, 4.69) is 33.9 Å². The highest BCUT2D eigenvalue weighted by Gasteiger charge is 2.20. The Bertz CT molecular complexity index is 519. The van der Waals surface area contributed by atoms with E-state index in [9.17, 15) is 0 Å². The van der Waals surface area contributed by atoms with E-state index in [0.717, 1.165) is 12.2 Å². The molecule has 4 heteroatoms. The minimum atomic E-state index is 1.00. The van der Waals surface area contributed by atoms with Crippen molar-refractivity contribution in [3.8, 4) is 0 Å². The van der Waals surface area contributed by atoms with Gasteiger partial charge in [-0.1, -0.05) is 0 Å². The van der Waals surface area contributed by atoms with Gasteiger partial charge in [0.2, 0.25) is 0 Å². The van der Waals surface area contributed by atoms with Crippen LogP contribution in [0.3, 0.4) is 0 Å². The van der Waals surface area contributed by atoms with Crippen molar-refractivity contribution in [1.29, 1.82) is 0 Å². The topological polar surface area (TPSA) is 30.7 Å². The SMILES string of the molecule is Cn1nc2c(c1CSc1ccncc1)CCC2. The molecule has 3 rings (SSSR count). The second-order valence-corrected chi connectivity index (χ2v) is 5.37. The largest absolute Gasteiger partial charge is 0.271 e. The Morgan fingerprint density at radius 3 is 2.94 bits per heavy atom. The summed E-state index contributed by atoms with van der Waals surface area (Å²) in [7, 11) is 2.06. The molecule has 0 spiro atoms. The van der Waals surface area contributed by atoms with Gasteiger partial charge in [0.25, 0.3) is 0 Å². The molecule has 2 aromatic heterocycles. The monoisotopic (exact) mass is 245 g/mol. The van der Waals surface area contributed by atoms with Gasteiger partial charge in [-0.15, -0.1) is 11.8 Å². The molecule has 1 aliphatic carbocycles. The molecule has 0 aliphatic heterocycles. The average molecular weight is 245 g/mol. The molecule has 0 radical (unpaired) electrons. The normalized spacial score (nSPS) is 13.9. The highest BCUT2D eigenvalue weighted by atomic mass is 32.2.